The summed E-state index contributed by atoms with van der Waals surface area (Å²) < 4.78 is 51.9. The lowest BCUT2D eigenvalue weighted by atomic mass is 9.87. The number of nitrogens with zero attached hydrogens (tertiary/aromatic N) is 1. The number of sulfone groups is 1. The molecule has 0 spiro atoms. The number of hydrogen-bond acceptors (Lipinski definition) is 6. The SMILES string of the molecule is CC(C)(C)c1ccc(S(=O)(=O)c2cnc(SCC(=O)Nc3ccc(F)c(F)c3)[nH]c2=O)cc1. The molecule has 0 aliphatic heterocycles. The van der Waals surface area contributed by atoms with Gasteiger partial charge >= 0.3 is 0 Å². The van der Waals surface area contributed by atoms with Crippen molar-refractivity contribution in [2.75, 3.05) is 11.1 Å². The highest BCUT2D eigenvalue weighted by Crippen LogP contribution is 2.25. The summed E-state index contributed by atoms with van der Waals surface area (Å²) in [4.78, 5) is 30.2. The fourth-order valence-electron chi connectivity index (χ4n) is 2.80. The van der Waals surface area contributed by atoms with E-state index in [-0.39, 0.29) is 26.9 Å². The molecule has 2 N–H and O–H groups in total. The molecule has 0 aliphatic carbocycles. The lowest BCUT2D eigenvalue weighted by Crippen LogP contribution is -2.20. The molecular weight excluding hydrogens is 472 g/mol. The summed E-state index contributed by atoms with van der Waals surface area (Å²) in [6, 6.07) is 9.21. The number of carbonyl (C=O) groups is 1. The topological polar surface area (TPSA) is 109 Å². The van der Waals surface area contributed by atoms with Gasteiger partial charge in [-0.3, -0.25) is 9.59 Å². The molecular formula is C22H21F2N3O4S2. The third-order valence-corrected chi connectivity index (χ3v) is 7.26. The minimum atomic E-state index is -4.09. The van der Waals surface area contributed by atoms with Gasteiger partial charge < -0.3 is 10.3 Å². The highest BCUT2D eigenvalue weighted by Gasteiger charge is 2.23. The number of rotatable bonds is 6. The van der Waals surface area contributed by atoms with Crippen LogP contribution in [0, 0.1) is 11.6 Å². The van der Waals surface area contributed by atoms with Crippen LogP contribution in [-0.2, 0) is 20.0 Å². The van der Waals surface area contributed by atoms with Gasteiger partial charge in [-0.2, -0.15) is 0 Å². The maximum atomic E-state index is 13.2. The van der Waals surface area contributed by atoms with Gasteiger partial charge in [-0.1, -0.05) is 44.7 Å². The second-order valence-corrected chi connectivity index (χ2v) is 11.0. The number of aromatic amines is 1. The van der Waals surface area contributed by atoms with E-state index in [1.807, 2.05) is 20.8 Å². The van der Waals surface area contributed by atoms with Gasteiger partial charge in [0.15, 0.2) is 21.7 Å². The Morgan fingerprint density at radius 3 is 2.33 bits per heavy atom. The summed E-state index contributed by atoms with van der Waals surface area (Å²) in [5, 5.41) is 2.41. The van der Waals surface area contributed by atoms with E-state index in [9.17, 15) is 26.8 Å². The Bertz CT molecular complexity index is 1350. The molecule has 2 aromatic carbocycles. The first-order valence-corrected chi connectivity index (χ1v) is 12.2. The summed E-state index contributed by atoms with van der Waals surface area (Å²) in [5.41, 5.74) is -0.00711. The Hall–Kier alpha value is -3.05. The summed E-state index contributed by atoms with van der Waals surface area (Å²) in [5.74, 6) is -2.90. The first-order chi connectivity index (χ1) is 15.4. The molecule has 0 saturated heterocycles. The minimum absolute atomic E-state index is 0.0301. The lowest BCUT2D eigenvalue weighted by Gasteiger charge is -2.19. The van der Waals surface area contributed by atoms with E-state index in [1.54, 1.807) is 12.1 Å². The second-order valence-electron chi connectivity index (χ2n) is 8.13. The minimum Gasteiger partial charge on any atom is -0.325 e. The molecule has 0 saturated carbocycles. The number of carbonyl (C=O) groups excluding carboxylic acids is 1. The van der Waals surface area contributed by atoms with E-state index in [0.717, 1.165) is 35.7 Å². The average Bonchev–Trinajstić information content (AvgIpc) is 2.74. The number of nitrogens with one attached hydrogen (secondary N) is 2. The molecule has 0 radical (unpaired) electrons. The molecule has 0 bridgehead atoms. The van der Waals surface area contributed by atoms with Crippen LogP contribution < -0.4 is 10.9 Å². The van der Waals surface area contributed by atoms with Crippen molar-refractivity contribution in [3.05, 3.63) is 76.2 Å². The zero-order valence-corrected chi connectivity index (χ0v) is 19.6. The molecule has 7 nitrogen and oxygen atoms in total. The second kappa shape index (κ2) is 9.44. The molecule has 11 heteroatoms. The summed E-state index contributed by atoms with van der Waals surface area (Å²) in [7, 11) is -4.09. The zero-order chi connectivity index (χ0) is 24.4. The van der Waals surface area contributed by atoms with Crippen LogP contribution in [0.25, 0.3) is 0 Å². The molecule has 1 amide bonds. The number of anilines is 1. The van der Waals surface area contributed by atoms with E-state index in [2.05, 4.69) is 15.3 Å². The van der Waals surface area contributed by atoms with E-state index in [1.165, 1.54) is 18.2 Å². The number of amides is 1. The van der Waals surface area contributed by atoms with Gasteiger partial charge in [0.25, 0.3) is 5.56 Å². The predicted molar refractivity (Wildman–Crippen MR) is 121 cm³/mol. The Balaban J connectivity index is 1.70. The van der Waals surface area contributed by atoms with Gasteiger partial charge in [-0.25, -0.2) is 22.2 Å². The van der Waals surface area contributed by atoms with Crippen molar-refractivity contribution in [1.82, 2.24) is 9.97 Å². The molecule has 0 fully saturated rings. The average molecular weight is 494 g/mol. The summed E-state index contributed by atoms with van der Waals surface area (Å²) in [6.45, 7) is 6.00. The first-order valence-electron chi connectivity index (χ1n) is 9.70. The monoisotopic (exact) mass is 493 g/mol. The first kappa shape index (κ1) is 24.6. The highest BCUT2D eigenvalue weighted by molar-refractivity contribution is 7.99. The van der Waals surface area contributed by atoms with Gasteiger partial charge in [0.2, 0.25) is 15.7 Å². The van der Waals surface area contributed by atoms with E-state index in [0.29, 0.717) is 0 Å². The number of halogens is 2. The molecule has 0 atom stereocenters. The maximum absolute atomic E-state index is 13.2. The van der Waals surface area contributed by atoms with Crippen molar-refractivity contribution >= 4 is 33.2 Å². The van der Waals surface area contributed by atoms with Crippen LogP contribution in [0.2, 0.25) is 0 Å². The molecule has 0 unspecified atom stereocenters. The zero-order valence-electron chi connectivity index (χ0n) is 18.0. The number of benzene rings is 2. The number of thioether (sulfide) groups is 1. The van der Waals surface area contributed by atoms with Crippen molar-refractivity contribution in [1.29, 1.82) is 0 Å². The van der Waals surface area contributed by atoms with Gasteiger partial charge in [0.1, 0.15) is 0 Å². The molecule has 1 aromatic heterocycles. The normalized spacial score (nSPS) is 11.9. The van der Waals surface area contributed by atoms with Crippen molar-refractivity contribution in [3.8, 4) is 0 Å². The number of hydrogen-bond donors (Lipinski definition) is 2. The number of aromatic nitrogens is 2. The Labute approximate surface area is 193 Å². The van der Waals surface area contributed by atoms with E-state index in [4.69, 9.17) is 0 Å². The van der Waals surface area contributed by atoms with Crippen LogP contribution in [0.15, 0.2) is 68.4 Å². The summed E-state index contributed by atoms with van der Waals surface area (Å²) >= 11 is 0.848. The van der Waals surface area contributed by atoms with E-state index >= 15 is 0 Å². The largest absolute Gasteiger partial charge is 0.325 e. The van der Waals surface area contributed by atoms with Gasteiger partial charge in [-0.15, -0.1) is 0 Å². The smallest absolute Gasteiger partial charge is 0.270 e. The van der Waals surface area contributed by atoms with Crippen LogP contribution in [0.5, 0.6) is 0 Å². The Morgan fingerprint density at radius 1 is 1.09 bits per heavy atom. The van der Waals surface area contributed by atoms with Gasteiger partial charge in [-0.05, 0) is 35.2 Å². The molecule has 1 heterocycles. The molecule has 33 heavy (non-hydrogen) atoms. The lowest BCUT2D eigenvalue weighted by molar-refractivity contribution is -0.113. The van der Waals surface area contributed by atoms with Crippen molar-refractivity contribution in [2.45, 2.75) is 41.1 Å². The Kier molecular flexibility index (Phi) is 7.03. The van der Waals surface area contributed by atoms with Crippen molar-refractivity contribution in [2.24, 2.45) is 0 Å². The fourth-order valence-corrected chi connectivity index (χ4v) is 4.66. The maximum Gasteiger partial charge on any atom is 0.270 e. The van der Waals surface area contributed by atoms with Gasteiger partial charge in [0, 0.05) is 11.8 Å². The predicted octanol–water partition coefficient (Wildman–Crippen LogP) is 3.91. The van der Waals surface area contributed by atoms with Crippen molar-refractivity contribution in [3.63, 3.8) is 0 Å². The molecule has 0 aliphatic rings. The van der Waals surface area contributed by atoms with Crippen LogP contribution in [0.3, 0.4) is 0 Å². The summed E-state index contributed by atoms with van der Waals surface area (Å²) in [6.07, 6.45) is 0.946. The molecule has 174 valence electrons. The number of H-pyrrole nitrogens is 1. The van der Waals surface area contributed by atoms with Crippen LogP contribution in [0.1, 0.15) is 26.3 Å². The fraction of sp³-hybridized carbons (Fsp3) is 0.227. The molecule has 3 rings (SSSR count). The standard InChI is InChI=1S/C22H21F2N3O4S2/c1-22(2,3)13-4-7-15(8-5-13)33(30,31)18-11-25-21(27-20(18)29)32-12-19(28)26-14-6-9-16(23)17(24)10-14/h4-11H,12H2,1-3H3,(H,26,28)(H,25,27,29). The molecule has 3 aromatic rings. The van der Waals surface area contributed by atoms with Crippen molar-refractivity contribution < 1.29 is 22.0 Å². The van der Waals surface area contributed by atoms with Crippen LogP contribution in [0.4, 0.5) is 14.5 Å². The third kappa shape index (κ3) is 5.85. The van der Waals surface area contributed by atoms with Crippen LogP contribution >= 0.6 is 11.8 Å². The van der Waals surface area contributed by atoms with E-state index < -0.39 is 37.8 Å². The third-order valence-electron chi connectivity index (χ3n) is 4.61. The van der Waals surface area contributed by atoms with Crippen LogP contribution in [-0.4, -0.2) is 30.0 Å². The van der Waals surface area contributed by atoms with Gasteiger partial charge in [0.05, 0.1) is 16.8 Å². The Morgan fingerprint density at radius 2 is 1.76 bits per heavy atom. The quantitative estimate of drug-likeness (QED) is 0.398. The highest BCUT2D eigenvalue weighted by atomic mass is 32.2.